The number of hydrogen-bond donors (Lipinski definition) is 0. The zero-order chi connectivity index (χ0) is 3.58. The molecule has 4 heteroatoms. The maximum absolute atomic E-state index is 8.33. The smallest absolute Gasteiger partial charge is 0.652 e. The monoisotopic (exact) mass is 102 g/mol. The fourth-order valence-electron chi connectivity index (χ4n) is 0. The number of carboxylic acid groups (broad SMARTS) is 2. The summed E-state index contributed by atoms with van der Waals surface area (Å²) in [7, 11) is 0. The topological polar surface area (TPSA) is 63.2 Å². The van der Waals surface area contributed by atoms with Crippen LogP contribution < -0.4 is 10.2 Å². The van der Waals surface area contributed by atoms with Crippen LogP contribution in [0.4, 0.5) is 4.79 Å². The van der Waals surface area contributed by atoms with Crippen molar-refractivity contribution < 1.29 is 16.4 Å². The van der Waals surface area contributed by atoms with Crippen LogP contribution in [0.3, 0.4) is 0 Å². The van der Waals surface area contributed by atoms with Crippen molar-refractivity contribution in [2.75, 3.05) is 0 Å². The van der Waals surface area contributed by atoms with Crippen LogP contribution in [0.5, 0.6) is 0 Å². The molecule has 0 fully saturated rings. The number of rotatable bonds is 0. The van der Waals surface area contributed by atoms with E-state index in [2.05, 4.69) is 0 Å². The zero-order valence-corrected chi connectivity index (χ0v) is 4.64. The van der Waals surface area contributed by atoms with Crippen molar-refractivity contribution in [1.29, 1.82) is 0 Å². The molecule has 0 spiro atoms. The molecule has 0 aliphatic carbocycles. The quantitative estimate of drug-likeness (QED) is 0.315. The van der Waals surface area contributed by atoms with Gasteiger partial charge in [-0.25, -0.2) is 0 Å². The van der Waals surface area contributed by atoms with Gasteiger partial charge in [-0.2, -0.15) is 0 Å². The van der Waals surface area contributed by atoms with Crippen LogP contribution in [0.15, 0.2) is 0 Å². The second kappa shape index (κ2) is 4.53. The normalized spacial score (nSPS) is 4.80. The molecule has 5 heavy (non-hydrogen) atoms. The van der Waals surface area contributed by atoms with Crippen molar-refractivity contribution in [1.82, 2.24) is 0 Å². The molecule has 0 aromatic heterocycles. The van der Waals surface area contributed by atoms with E-state index in [9.17, 15) is 0 Å². The molecule has 0 rings (SSSR count). The standard InChI is InChI=1S/CH2O3.Ca.H2/c2-1(3)4;;/h(H2,2,3,4);;1H/q;+2;/p-2. The van der Waals surface area contributed by atoms with Gasteiger partial charge >= 0.3 is 37.7 Å². The molecule has 0 aliphatic heterocycles. The molecule has 0 radical (unpaired) electrons. The van der Waals surface area contributed by atoms with Gasteiger partial charge in [-0.15, -0.1) is 0 Å². The van der Waals surface area contributed by atoms with Gasteiger partial charge in [0.15, 0.2) is 0 Å². The molecule has 0 atom stereocenters. The minimum absolute atomic E-state index is 0. The van der Waals surface area contributed by atoms with Gasteiger partial charge in [0, 0.05) is 1.43 Å². The van der Waals surface area contributed by atoms with Crippen molar-refractivity contribution in [3.63, 3.8) is 0 Å². The summed E-state index contributed by atoms with van der Waals surface area (Å²) in [5, 5.41) is 16.7. The fraction of sp³-hybridized carbons (Fsp3) is 0. The molecule has 0 N–H and O–H groups in total. The summed E-state index contributed by atoms with van der Waals surface area (Å²) in [6.45, 7) is 0. The summed E-state index contributed by atoms with van der Waals surface area (Å²) >= 11 is 0. The molecule has 0 heterocycles. The Morgan fingerprint density at radius 2 is 1.60 bits per heavy atom. The van der Waals surface area contributed by atoms with Gasteiger partial charge in [0.2, 0.25) is 0 Å². The Kier molecular flexibility index (Phi) is 8.25. The third-order valence-electron chi connectivity index (χ3n) is 0. The first kappa shape index (κ1) is 9.11. The molecule has 26 valence electrons. The van der Waals surface area contributed by atoms with Crippen LogP contribution in [0.25, 0.3) is 0 Å². The minimum Gasteiger partial charge on any atom is -0.652 e. The summed E-state index contributed by atoms with van der Waals surface area (Å²) in [4.78, 5) is 8.33. The van der Waals surface area contributed by atoms with E-state index in [1.165, 1.54) is 0 Å². The third kappa shape index (κ3) is 103. The second-order valence-electron chi connectivity index (χ2n) is 0.250. The first-order valence-corrected chi connectivity index (χ1v) is 0.612. The van der Waals surface area contributed by atoms with Crippen LogP contribution in [-0.4, -0.2) is 43.9 Å². The van der Waals surface area contributed by atoms with Crippen molar-refractivity contribution >= 4 is 43.9 Å². The van der Waals surface area contributed by atoms with Crippen molar-refractivity contribution in [3.8, 4) is 0 Å². The van der Waals surface area contributed by atoms with E-state index in [0.717, 1.165) is 0 Å². The Hall–Kier alpha value is 0.530. The molecule has 0 unspecified atom stereocenters. The zero-order valence-electron chi connectivity index (χ0n) is 2.43. The van der Waals surface area contributed by atoms with E-state index in [0.29, 0.717) is 0 Å². The fourth-order valence-corrected chi connectivity index (χ4v) is 0. The Bertz CT molecular complexity index is 33.8. The Labute approximate surface area is 60.1 Å². The average Bonchev–Trinajstić information content (AvgIpc) is 0.811. The maximum Gasteiger partial charge on any atom is 2.00 e. The van der Waals surface area contributed by atoms with E-state index in [1.54, 1.807) is 0 Å². The van der Waals surface area contributed by atoms with Crippen molar-refractivity contribution in [2.45, 2.75) is 0 Å². The molecule has 3 nitrogen and oxygen atoms in total. The molecule has 0 aliphatic rings. The Balaban J connectivity index is -0.0000000450. The summed E-state index contributed by atoms with van der Waals surface area (Å²) in [5.41, 5.74) is 0. The van der Waals surface area contributed by atoms with E-state index >= 15 is 0 Å². The van der Waals surface area contributed by atoms with Crippen LogP contribution >= 0.6 is 0 Å². The van der Waals surface area contributed by atoms with Crippen molar-refractivity contribution in [2.24, 2.45) is 0 Å². The molecule has 0 amide bonds. The van der Waals surface area contributed by atoms with Gasteiger partial charge in [-0.1, -0.05) is 0 Å². The van der Waals surface area contributed by atoms with E-state index in [1.807, 2.05) is 0 Å². The van der Waals surface area contributed by atoms with Crippen molar-refractivity contribution in [3.05, 3.63) is 0 Å². The maximum atomic E-state index is 8.33. The number of carbonyl (C=O) groups is 1. The summed E-state index contributed by atoms with van der Waals surface area (Å²) in [6, 6.07) is 0. The molecule has 0 aromatic rings. The average molecular weight is 102 g/mol. The van der Waals surface area contributed by atoms with E-state index in [-0.39, 0.29) is 39.2 Å². The molecular weight excluding hydrogens is 100 g/mol. The van der Waals surface area contributed by atoms with Crippen LogP contribution in [0.2, 0.25) is 0 Å². The molecule has 0 aromatic carbocycles. The predicted molar refractivity (Wildman–Crippen MR) is 13.3 cm³/mol. The summed E-state index contributed by atoms with van der Waals surface area (Å²) in [5.74, 6) is 0. The van der Waals surface area contributed by atoms with E-state index < -0.39 is 6.16 Å². The van der Waals surface area contributed by atoms with Gasteiger partial charge in [0.05, 0.1) is 0 Å². The Morgan fingerprint density at radius 3 is 1.60 bits per heavy atom. The van der Waals surface area contributed by atoms with Crippen LogP contribution in [0.1, 0.15) is 1.43 Å². The number of hydrogen-bond acceptors (Lipinski definition) is 3. The summed E-state index contributed by atoms with van der Waals surface area (Å²) < 4.78 is 0. The van der Waals surface area contributed by atoms with Gasteiger partial charge < -0.3 is 15.0 Å². The molecule has 0 bridgehead atoms. The Morgan fingerprint density at radius 1 is 1.60 bits per heavy atom. The summed E-state index contributed by atoms with van der Waals surface area (Å²) in [6.07, 6.45) is -2.33. The first-order valence-electron chi connectivity index (χ1n) is 0.612. The minimum atomic E-state index is -2.33. The molecular formula is CH2CaO3. The van der Waals surface area contributed by atoms with E-state index in [4.69, 9.17) is 15.0 Å². The van der Waals surface area contributed by atoms with Gasteiger partial charge in [0.1, 0.15) is 0 Å². The van der Waals surface area contributed by atoms with Gasteiger partial charge in [0.25, 0.3) is 0 Å². The SMILES string of the molecule is O=C([O-])[O-].[Ca+2].[HH]. The number of carbonyl (C=O) groups excluding carboxylic acids is 1. The molecule has 0 saturated carbocycles. The third-order valence-corrected chi connectivity index (χ3v) is 0. The first-order chi connectivity index (χ1) is 1.73. The van der Waals surface area contributed by atoms with Crippen LogP contribution in [0, 0.1) is 0 Å². The largest absolute Gasteiger partial charge is 2.00 e. The predicted octanol–water partition coefficient (Wildman–Crippen LogP) is -2.58. The molecule has 0 saturated heterocycles. The van der Waals surface area contributed by atoms with Gasteiger partial charge in [-0.05, 0) is 6.16 Å². The van der Waals surface area contributed by atoms with Crippen LogP contribution in [-0.2, 0) is 0 Å². The van der Waals surface area contributed by atoms with Gasteiger partial charge in [-0.3, -0.25) is 0 Å². The second-order valence-corrected chi connectivity index (χ2v) is 0.250.